The Balaban J connectivity index is 1.57. The lowest BCUT2D eigenvalue weighted by atomic mass is 10.2. The van der Waals surface area contributed by atoms with Gasteiger partial charge < -0.3 is 4.57 Å². The number of nitrogens with zero attached hydrogens (tertiary/aromatic N) is 3. The number of thioether (sulfide) groups is 2. The first-order valence-electron chi connectivity index (χ1n) is 7.92. The summed E-state index contributed by atoms with van der Waals surface area (Å²) in [6, 6.07) is 17.8. The second-order valence-electron chi connectivity index (χ2n) is 5.64. The maximum Gasteiger partial charge on any atom is 0.191 e. The van der Waals surface area contributed by atoms with Crippen LogP contribution in [0.3, 0.4) is 0 Å². The van der Waals surface area contributed by atoms with Gasteiger partial charge in [-0.2, -0.15) is 0 Å². The third-order valence-corrected chi connectivity index (χ3v) is 5.77. The fourth-order valence-corrected chi connectivity index (χ4v) is 3.92. The van der Waals surface area contributed by atoms with Gasteiger partial charge in [0.25, 0.3) is 0 Å². The van der Waals surface area contributed by atoms with Gasteiger partial charge in [-0.25, -0.2) is 0 Å². The van der Waals surface area contributed by atoms with Gasteiger partial charge in [0.1, 0.15) is 5.82 Å². The number of aromatic nitrogens is 3. The highest BCUT2D eigenvalue weighted by molar-refractivity contribution is 7.99. The van der Waals surface area contributed by atoms with E-state index in [1.807, 2.05) is 41.9 Å². The minimum atomic E-state index is 0.101. The van der Waals surface area contributed by atoms with Crippen molar-refractivity contribution in [2.75, 3.05) is 5.75 Å². The molecule has 4 nitrogen and oxygen atoms in total. The van der Waals surface area contributed by atoms with E-state index in [0.29, 0.717) is 5.75 Å². The monoisotopic (exact) mass is 369 g/mol. The lowest BCUT2D eigenvalue weighted by molar-refractivity contribution is 0.102. The molecule has 0 saturated carbocycles. The third-order valence-electron chi connectivity index (χ3n) is 3.74. The first-order valence-corrected chi connectivity index (χ1v) is 9.89. The Morgan fingerprint density at radius 1 is 1.00 bits per heavy atom. The van der Waals surface area contributed by atoms with Crippen LogP contribution >= 0.6 is 23.5 Å². The number of carbonyl (C=O) groups excluding carboxylic acids is 1. The van der Waals surface area contributed by atoms with Crippen molar-refractivity contribution in [1.29, 1.82) is 0 Å². The molecule has 3 rings (SSSR count). The van der Waals surface area contributed by atoms with Crippen LogP contribution in [0.1, 0.15) is 21.7 Å². The molecule has 1 heterocycles. The Morgan fingerprint density at radius 3 is 2.44 bits per heavy atom. The molecule has 2 aromatic carbocycles. The standard InChI is InChI=1S/C19H19N3OS2/c1-14-8-10-16(11-9-14)24-13-18-20-21-19(22(18)2)25-12-17(23)15-6-4-3-5-7-15/h3-11H,12-13H2,1-2H3. The zero-order valence-corrected chi connectivity index (χ0v) is 15.8. The van der Waals surface area contributed by atoms with Crippen LogP contribution in [0.4, 0.5) is 0 Å². The lowest BCUT2D eigenvalue weighted by Crippen LogP contribution is -2.04. The number of carbonyl (C=O) groups is 1. The van der Waals surface area contributed by atoms with Gasteiger partial charge in [0.2, 0.25) is 0 Å². The van der Waals surface area contributed by atoms with Crippen molar-refractivity contribution in [3.63, 3.8) is 0 Å². The van der Waals surface area contributed by atoms with Gasteiger partial charge in [-0.05, 0) is 19.1 Å². The highest BCUT2D eigenvalue weighted by atomic mass is 32.2. The van der Waals surface area contributed by atoms with E-state index in [0.717, 1.165) is 22.3 Å². The maximum atomic E-state index is 12.2. The molecular formula is C19H19N3OS2. The van der Waals surface area contributed by atoms with E-state index in [4.69, 9.17) is 0 Å². The van der Waals surface area contributed by atoms with Gasteiger partial charge in [-0.15, -0.1) is 22.0 Å². The summed E-state index contributed by atoms with van der Waals surface area (Å²) in [5.74, 6) is 2.12. The van der Waals surface area contributed by atoms with E-state index in [2.05, 4.69) is 41.4 Å². The molecule has 1 aromatic heterocycles. The topological polar surface area (TPSA) is 47.8 Å². The predicted molar refractivity (Wildman–Crippen MR) is 103 cm³/mol. The van der Waals surface area contributed by atoms with Crippen molar-refractivity contribution in [3.05, 3.63) is 71.5 Å². The maximum absolute atomic E-state index is 12.2. The van der Waals surface area contributed by atoms with E-state index in [1.165, 1.54) is 22.2 Å². The van der Waals surface area contributed by atoms with Crippen LogP contribution in [0, 0.1) is 6.92 Å². The van der Waals surface area contributed by atoms with Gasteiger partial charge in [0, 0.05) is 17.5 Å². The molecule has 0 aliphatic rings. The average molecular weight is 370 g/mol. The van der Waals surface area contributed by atoms with E-state index in [1.54, 1.807) is 11.8 Å². The fraction of sp³-hybridized carbons (Fsp3) is 0.211. The summed E-state index contributed by atoms with van der Waals surface area (Å²) in [5.41, 5.74) is 1.98. The van der Waals surface area contributed by atoms with Gasteiger partial charge in [-0.1, -0.05) is 59.8 Å². The van der Waals surface area contributed by atoms with Crippen LogP contribution in [-0.2, 0) is 12.8 Å². The quantitative estimate of drug-likeness (QED) is 0.457. The number of hydrogen-bond acceptors (Lipinski definition) is 5. The molecule has 3 aromatic rings. The van der Waals surface area contributed by atoms with Gasteiger partial charge in [0.15, 0.2) is 10.9 Å². The van der Waals surface area contributed by atoms with Gasteiger partial charge in [-0.3, -0.25) is 4.79 Å². The smallest absolute Gasteiger partial charge is 0.191 e. The molecule has 0 saturated heterocycles. The summed E-state index contributed by atoms with van der Waals surface area (Å²) in [7, 11) is 1.94. The van der Waals surface area contributed by atoms with Crippen molar-refractivity contribution in [1.82, 2.24) is 14.8 Å². The van der Waals surface area contributed by atoms with Crippen molar-refractivity contribution in [2.24, 2.45) is 7.05 Å². The second-order valence-corrected chi connectivity index (χ2v) is 7.63. The van der Waals surface area contributed by atoms with E-state index >= 15 is 0 Å². The molecule has 128 valence electrons. The zero-order valence-electron chi connectivity index (χ0n) is 14.2. The van der Waals surface area contributed by atoms with Gasteiger partial charge >= 0.3 is 0 Å². The first-order chi connectivity index (χ1) is 12.1. The molecule has 0 fully saturated rings. The Labute approximate surface area is 156 Å². The van der Waals surface area contributed by atoms with Crippen LogP contribution in [0.15, 0.2) is 64.6 Å². The summed E-state index contributed by atoms with van der Waals surface area (Å²) in [6.45, 7) is 2.08. The lowest BCUT2D eigenvalue weighted by Gasteiger charge is -2.04. The van der Waals surface area contributed by atoms with Crippen molar-refractivity contribution in [2.45, 2.75) is 22.7 Å². The molecule has 0 spiro atoms. The molecule has 25 heavy (non-hydrogen) atoms. The molecular weight excluding hydrogens is 350 g/mol. The average Bonchev–Trinajstić information content (AvgIpc) is 3.00. The van der Waals surface area contributed by atoms with Crippen LogP contribution in [0.5, 0.6) is 0 Å². The first kappa shape index (κ1) is 17.8. The molecule has 0 atom stereocenters. The van der Waals surface area contributed by atoms with Gasteiger partial charge in [0.05, 0.1) is 11.5 Å². The van der Waals surface area contributed by atoms with Crippen LogP contribution in [0.2, 0.25) is 0 Å². The van der Waals surface area contributed by atoms with Crippen molar-refractivity contribution < 1.29 is 4.79 Å². The Bertz CT molecular complexity index is 845. The summed E-state index contributed by atoms with van der Waals surface area (Å²) in [5, 5.41) is 9.24. The largest absolute Gasteiger partial charge is 0.308 e. The molecule has 0 aliphatic heterocycles. The summed E-state index contributed by atoms with van der Waals surface area (Å²) in [4.78, 5) is 13.4. The van der Waals surface area contributed by atoms with Crippen LogP contribution in [0.25, 0.3) is 0 Å². The normalized spacial score (nSPS) is 10.8. The number of Topliss-reactive ketones (excluding diaryl/α,β-unsaturated/α-hetero) is 1. The minimum absolute atomic E-state index is 0.101. The van der Waals surface area contributed by atoms with E-state index in [-0.39, 0.29) is 5.78 Å². The predicted octanol–water partition coefficient (Wildman–Crippen LogP) is 4.39. The number of benzene rings is 2. The van der Waals surface area contributed by atoms with Crippen LogP contribution < -0.4 is 0 Å². The van der Waals surface area contributed by atoms with E-state index in [9.17, 15) is 4.79 Å². The molecule has 0 radical (unpaired) electrons. The molecule has 0 N–H and O–H groups in total. The number of hydrogen-bond donors (Lipinski definition) is 0. The SMILES string of the molecule is Cc1ccc(SCc2nnc(SCC(=O)c3ccccc3)n2C)cc1. The number of rotatable bonds is 7. The van der Waals surface area contributed by atoms with Crippen LogP contribution in [-0.4, -0.2) is 26.3 Å². The van der Waals surface area contributed by atoms with Crippen molar-refractivity contribution in [3.8, 4) is 0 Å². The Hall–Kier alpha value is -2.05. The highest BCUT2D eigenvalue weighted by Gasteiger charge is 2.12. The molecule has 0 aliphatic carbocycles. The molecule has 0 amide bonds. The highest BCUT2D eigenvalue weighted by Crippen LogP contribution is 2.24. The third kappa shape index (κ3) is 4.74. The second kappa shape index (κ2) is 8.36. The summed E-state index contributed by atoms with van der Waals surface area (Å²) in [6.07, 6.45) is 0. The summed E-state index contributed by atoms with van der Waals surface area (Å²) >= 11 is 3.16. The molecule has 0 unspecified atom stereocenters. The fourth-order valence-electron chi connectivity index (χ4n) is 2.22. The zero-order chi connectivity index (χ0) is 17.6. The molecule has 6 heteroatoms. The number of aryl methyl sites for hydroxylation is 1. The number of ketones is 1. The van der Waals surface area contributed by atoms with E-state index < -0.39 is 0 Å². The van der Waals surface area contributed by atoms with Crippen molar-refractivity contribution >= 4 is 29.3 Å². The summed E-state index contributed by atoms with van der Waals surface area (Å²) < 4.78 is 1.96. The Kier molecular flexibility index (Phi) is 5.94. The Morgan fingerprint density at radius 2 is 1.72 bits per heavy atom. The molecule has 0 bridgehead atoms. The minimum Gasteiger partial charge on any atom is -0.308 e.